The largest absolute Gasteiger partial charge is 0.490 e. The molecule has 0 bridgehead atoms. The Balaban J connectivity index is 0.00000129. The van der Waals surface area contributed by atoms with Gasteiger partial charge in [-0.05, 0) is 173 Å². The highest BCUT2D eigenvalue weighted by molar-refractivity contribution is 7.08. The number of alkyl halides is 3. The van der Waals surface area contributed by atoms with E-state index in [9.17, 15) is 41.9 Å². The lowest BCUT2D eigenvalue weighted by molar-refractivity contribution is -0.192. The van der Waals surface area contributed by atoms with E-state index in [4.69, 9.17) is 9.90 Å². The molecule has 0 spiro atoms. The number of anilines is 3. The van der Waals surface area contributed by atoms with Gasteiger partial charge in [-0.1, -0.05) is 36.4 Å². The number of benzene rings is 3. The molecule has 9 rings (SSSR count). The van der Waals surface area contributed by atoms with Gasteiger partial charge >= 0.3 is 12.1 Å². The van der Waals surface area contributed by atoms with Crippen LogP contribution >= 0.6 is 34.0 Å². The van der Waals surface area contributed by atoms with Crippen LogP contribution in [0.1, 0.15) is 56.0 Å². The number of amides is 6. The molecule has 3 atom stereocenters. The highest BCUT2D eigenvalue weighted by atomic mass is 32.1. The summed E-state index contributed by atoms with van der Waals surface area (Å²) < 4.78 is 31.7. The van der Waals surface area contributed by atoms with E-state index in [1.54, 1.807) is 37.2 Å². The Morgan fingerprint density at radius 3 is 0.872 bits per heavy atom. The van der Waals surface area contributed by atoms with Crippen LogP contribution in [0, 0.1) is 0 Å². The highest BCUT2D eigenvalue weighted by Crippen LogP contribution is 2.34. The first kappa shape index (κ1) is 62.3. The number of thiophene rings is 3. The van der Waals surface area contributed by atoms with Crippen LogP contribution in [0.2, 0.25) is 0 Å². The smallest absolute Gasteiger partial charge is 0.475 e. The molecule has 0 unspecified atom stereocenters. The number of hydrogen-bond acceptors (Lipinski definition) is 13. The number of hydrogen-bond donors (Lipinski definition) is 7. The first-order valence-electron chi connectivity index (χ1n) is 26.6. The second-order valence-electron chi connectivity index (χ2n) is 19.5. The number of nitrogens with zero attached hydrogens (tertiary/aromatic N) is 3. The van der Waals surface area contributed by atoms with Crippen molar-refractivity contribution < 1.29 is 51.8 Å². The third kappa shape index (κ3) is 19.4. The molecule has 440 valence electrons. The maximum atomic E-state index is 14.0. The number of rotatable bonds is 24. The van der Waals surface area contributed by atoms with Crippen molar-refractivity contribution in [3.63, 3.8) is 0 Å². The van der Waals surface area contributed by atoms with Gasteiger partial charge < -0.3 is 37.0 Å². The third-order valence-electron chi connectivity index (χ3n) is 13.1. The number of halogens is 3. The standard InChI is InChI=1S/C61H55N9O6S3.C2HF3O2/c71-55(34-43-19-28-77-37-43)68-52(31-40-13-22-62-23-14-40)59(74)65-49-7-1-46(2-8-49)58(47-3-9-50(10-4-47)66-60(75)53(32-41-15-24-63-25-16-41)69-56(72)35-44-20-29-78-38-44)48-5-11-51(12-6-48)67-61(76)54(33-42-17-26-64-27-18-42)70-57(73)36-45-21-30-79-39-45;3-2(4,5)1(6)7/h1-30,37-39,52-54,58H,31-36H2,(H,65,74)(H,66,75)(H,67,76)(H,68,71)(H,69,72)(H,70,73);(H,6,7)/t52-,53-,54-;/m1./s1. The van der Waals surface area contributed by atoms with Crippen molar-refractivity contribution in [2.45, 2.75) is 68.7 Å². The minimum Gasteiger partial charge on any atom is -0.475 e. The number of aliphatic carboxylic acids is 1. The molecule has 23 heteroatoms. The summed E-state index contributed by atoms with van der Waals surface area (Å²) in [6.45, 7) is 0. The van der Waals surface area contributed by atoms with Crippen LogP contribution in [0.4, 0.5) is 30.2 Å². The lowest BCUT2D eigenvalue weighted by Crippen LogP contribution is -2.45. The second-order valence-corrected chi connectivity index (χ2v) is 21.9. The molecule has 6 aromatic heterocycles. The van der Waals surface area contributed by atoms with Crippen LogP contribution in [0.3, 0.4) is 0 Å². The van der Waals surface area contributed by atoms with Gasteiger partial charge in [0.15, 0.2) is 0 Å². The number of aromatic nitrogens is 3. The van der Waals surface area contributed by atoms with Crippen molar-refractivity contribution in [1.29, 1.82) is 0 Å². The van der Waals surface area contributed by atoms with E-state index in [0.29, 0.717) is 17.1 Å². The van der Waals surface area contributed by atoms with E-state index in [0.717, 1.165) is 50.1 Å². The van der Waals surface area contributed by atoms with E-state index < -0.39 is 30.3 Å². The molecule has 6 amide bonds. The zero-order valence-corrected chi connectivity index (χ0v) is 48.1. The number of carbonyl (C=O) groups excluding carboxylic acids is 6. The minimum absolute atomic E-state index is 0.142. The molecule has 0 aliphatic rings. The lowest BCUT2D eigenvalue weighted by atomic mass is 9.85. The summed E-state index contributed by atoms with van der Waals surface area (Å²) in [5.41, 5.74) is 9.23. The van der Waals surface area contributed by atoms with Crippen molar-refractivity contribution in [2.75, 3.05) is 16.0 Å². The van der Waals surface area contributed by atoms with Gasteiger partial charge in [0.25, 0.3) is 0 Å². The SMILES string of the molecule is O=C(Cc1ccsc1)N[C@H](Cc1ccncc1)C(=O)Nc1ccc(C(c2ccc(NC(=O)[C@@H](Cc3ccncc3)NC(=O)Cc3ccsc3)cc2)c2ccc(NC(=O)[C@@H](Cc3ccncc3)NC(=O)Cc3ccsc3)cc2)cc1.O=C(O)C(F)(F)F. The summed E-state index contributed by atoms with van der Waals surface area (Å²) in [6.07, 6.45) is 5.98. The number of pyridine rings is 3. The van der Waals surface area contributed by atoms with Gasteiger partial charge in [-0.2, -0.15) is 47.2 Å². The molecule has 0 saturated heterocycles. The van der Waals surface area contributed by atoms with Crippen molar-refractivity contribution in [2.24, 2.45) is 0 Å². The van der Waals surface area contributed by atoms with Crippen molar-refractivity contribution >= 4 is 92.5 Å². The number of carboxylic acid groups (broad SMARTS) is 1. The first-order valence-corrected chi connectivity index (χ1v) is 29.4. The summed E-state index contributed by atoms with van der Waals surface area (Å²) in [5, 5.41) is 36.4. The van der Waals surface area contributed by atoms with E-state index in [1.165, 1.54) is 34.0 Å². The van der Waals surface area contributed by atoms with Crippen molar-refractivity contribution in [3.05, 3.63) is 247 Å². The molecular weight excluding hydrogens is 1160 g/mol. The number of carbonyl (C=O) groups is 7. The van der Waals surface area contributed by atoms with Gasteiger partial charge in [0, 0.05) is 79.4 Å². The Kier molecular flexibility index (Phi) is 22.3. The molecule has 0 aliphatic heterocycles. The maximum absolute atomic E-state index is 14.0. The van der Waals surface area contributed by atoms with Gasteiger partial charge in [-0.25, -0.2) is 4.79 Å². The van der Waals surface area contributed by atoms with E-state index in [2.05, 4.69) is 46.9 Å². The molecule has 6 heterocycles. The molecular formula is C63H56F3N9O8S3. The highest BCUT2D eigenvalue weighted by Gasteiger charge is 2.38. The van der Waals surface area contributed by atoms with Crippen LogP contribution in [-0.2, 0) is 72.1 Å². The van der Waals surface area contributed by atoms with Gasteiger partial charge in [-0.15, -0.1) is 0 Å². The fourth-order valence-electron chi connectivity index (χ4n) is 8.91. The summed E-state index contributed by atoms with van der Waals surface area (Å²) in [7, 11) is 0. The Bertz CT molecular complexity index is 3280. The predicted octanol–water partition coefficient (Wildman–Crippen LogP) is 9.60. The molecule has 86 heavy (non-hydrogen) atoms. The molecule has 0 radical (unpaired) electrons. The van der Waals surface area contributed by atoms with Gasteiger partial charge in [0.05, 0.1) is 19.3 Å². The number of carboxylic acids is 1. The normalized spacial score (nSPS) is 12.0. The second kappa shape index (κ2) is 30.7. The van der Waals surface area contributed by atoms with E-state index >= 15 is 0 Å². The summed E-state index contributed by atoms with van der Waals surface area (Å²) in [4.78, 5) is 103. The topological polar surface area (TPSA) is 251 Å². The van der Waals surface area contributed by atoms with Crippen molar-refractivity contribution in [3.8, 4) is 0 Å². The molecule has 9 aromatic rings. The molecule has 17 nitrogen and oxygen atoms in total. The van der Waals surface area contributed by atoms with Gasteiger partial charge in [0.1, 0.15) is 18.1 Å². The summed E-state index contributed by atoms with van der Waals surface area (Å²) in [6, 6.07) is 36.3. The molecule has 7 N–H and O–H groups in total. The van der Waals surface area contributed by atoms with Crippen LogP contribution in [0.25, 0.3) is 0 Å². The van der Waals surface area contributed by atoms with Crippen LogP contribution in [0.5, 0.6) is 0 Å². The van der Waals surface area contributed by atoms with Crippen LogP contribution in [-0.4, -0.2) is 85.8 Å². The van der Waals surface area contributed by atoms with Crippen molar-refractivity contribution in [1.82, 2.24) is 30.9 Å². The summed E-state index contributed by atoms with van der Waals surface area (Å²) in [5.74, 6) is -5.12. The van der Waals surface area contributed by atoms with E-state index in [-0.39, 0.29) is 79.9 Å². The summed E-state index contributed by atoms with van der Waals surface area (Å²) >= 11 is 4.50. The Hall–Kier alpha value is -9.71. The average molecular weight is 1220 g/mol. The first-order chi connectivity index (χ1) is 41.5. The molecule has 0 fully saturated rings. The minimum atomic E-state index is -5.08. The average Bonchev–Trinajstić information content (AvgIpc) is 2.32. The Labute approximate surface area is 504 Å². The fourth-order valence-corrected chi connectivity index (χ4v) is 10.9. The third-order valence-corrected chi connectivity index (χ3v) is 15.3. The number of nitrogens with one attached hydrogen (secondary N) is 6. The van der Waals surface area contributed by atoms with Gasteiger partial charge in [0.2, 0.25) is 35.4 Å². The molecule has 0 aliphatic carbocycles. The van der Waals surface area contributed by atoms with E-state index in [1.807, 2.05) is 160 Å². The van der Waals surface area contributed by atoms with Gasteiger partial charge in [-0.3, -0.25) is 43.7 Å². The zero-order chi connectivity index (χ0) is 60.8. The Morgan fingerprint density at radius 1 is 0.395 bits per heavy atom. The quantitative estimate of drug-likeness (QED) is 0.0281. The monoisotopic (exact) mass is 1220 g/mol. The molecule has 3 aromatic carbocycles. The predicted molar refractivity (Wildman–Crippen MR) is 324 cm³/mol. The molecule has 0 saturated carbocycles. The Morgan fingerprint density at radius 2 is 0.651 bits per heavy atom. The fraction of sp³-hybridized carbons (Fsp3) is 0.175. The van der Waals surface area contributed by atoms with Crippen LogP contribution in [0.15, 0.2) is 197 Å². The van der Waals surface area contributed by atoms with Crippen LogP contribution < -0.4 is 31.9 Å². The zero-order valence-electron chi connectivity index (χ0n) is 45.6. The lowest BCUT2D eigenvalue weighted by Gasteiger charge is -2.22. The maximum Gasteiger partial charge on any atom is 0.490 e.